The lowest BCUT2D eigenvalue weighted by atomic mass is 9.87. The summed E-state index contributed by atoms with van der Waals surface area (Å²) in [5.74, 6) is -0.0973. The van der Waals surface area contributed by atoms with E-state index in [0.717, 1.165) is 45.1 Å². The summed E-state index contributed by atoms with van der Waals surface area (Å²) in [6.07, 6.45) is 5.25. The first-order valence-electron chi connectivity index (χ1n) is 8.99. The van der Waals surface area contributed by atoms with E-state index in [2.05, 4.69) is 0 Å². The Morgan fingerprint density at radius 2 is 1.75 bits per heavy atom. The summed E-state index contributed by atoms with van der Waals surface area (Å²) in [7, 11) is 1.44. The fraction of sp³-hybridized carbons (Fsp3) is 0.889. The molecule has 0 aromatic carbocycles. The van der Waals surface area contributed by atoms with Crippen molar-refractivity contribution in [3.63, 3.8) is 0 Å². The average Bonchev–Trinajstić information content (AvgIpc) is 2.99. The number of esters is 1. The fourth-order valence-electron chi connectivity index (χ4n) is 3.45. The molecular formula is C18H31NO5. The van der Waals surface area contributed by atoms with Gasteiger partial charge in [-0.25, -0.2) is 4.79 Å². The Hall–Kier alpha value is -1.30. The van der Waals surface area contributed by atoms with Gasteiger partial charge in [0, 0.05) is 6.54 Å². The number of carbonyl (C=O) groups excluding carboxylic acids is 2. The summed E-state index contributed by atoms with van der Waals surface area (Å²) < 4.78 is 16.3. The largest absolute Gasteiger partial charge is 0.469 e. The number of likely N-dealkylation sites (tertiary alicyclic amines) is 1. The minimum Gasteiger partial charge on any atom is -0.469 e. The van der Waals surface area contributed by atoms with Gasteiger partial charge in [0.05, 0.1) is 31.8 Å². The molecule has 0 unspecified atom stereocenters. The van der Waals surface area contributed by atoms with Gasteiger partial charge < -0.3 is 19.1 Å². The number of ether oxygens (including phenoxy) is 3. The third-order valence-corrected chi connectivity index (χ3v) is 4.74. The molecule has 2 fully saturated rings. The molecule has 0 N–H and O–H groups in total. The summed E-state index contributed by atoms with van der Waals surface area (Å²) in [4.78, 5) is 25.6. The van der Waals surface area contributed by atoms with Crippen molar-refractivity contribution in [2.24, 2.45) is 5.92 Å². The fourth-order valence-corrected chi connectivity index (χ4v) is 3.45. The van der Waals surface area contributed by atoms with Gasteiger partial charge in [-0.1, -0.05) is 0 Å². The first-order valence-corrected chi connectivity index (χ1v) is 8.99. The van der Waals surface area contributed by atoms with Crippen molar-refractivity contribution >= 4 is 12.1 Å². The predicted molar refractivity (Wildman–Crippen MR) is 89.7 cm³/mol. The molecule has 24 heavy (non-hydrogen) atoms. The molecule has 6 nitrogen and oxygen atoms in total. The Morgan fingerprint density at radius 1 is 1.08 bits per heavy atom. The summed E-state index contributed by atoms with van der Waals surface area (Å²) in [5.41, 5.74) is -0.475. The first kappa shape index (κ1) is 19.0. The summed E-state index contributed by atoms with van der Waals surface area (Å²) >= 11 is 0. The maximum Gasteiger partial charge on any atom is 0.410 e. The van der Waals surface area contributed by atoms with E-state index >= 15 is 0 Å². The van der Waals surface area contributed by atoms with Crippen molar-refractivity contribution in [1.82, 2.24) is 4.90 Å². The second-order valence-electron chi connectivity index (χ2n) is 7.80. The van der Waals surface area contributed by atoms with Crippen molar-refractivity contribution in [2.75, 3.05) is 20.3 Å². The number of carbonyl (C=O) groups is 2. The molecule has 1 amide bonds. The van der Waals surface area contributed by atoms with Crippen molar-refractivity contribution in [2.45, 2.75) is 77.0 Å². The molecule has 0 aromatic heterocycles. The lowest BCUT2D eigenvalue weighted by Crippen LogP contribution is -2.42. The van der Waals surface area contributed by atoms with Crippen LogP contribution < -0.4 is 0 Å². The highest BCUT2D eigenvalue weighted by Crippen LogP contribution is 2.28. The first-order chi connectivity index (χ1) is 11.3. The smallest absolute Gasteiger partial charge is 0.410 e. The number of hydrogen-bond acceptors (Lipinski definition) is 5. The maximum atomic E-state index is 12.3. The van der Waals surface area contributed by atoms with Gasteiger partial charge in [-0.15, -0.1) is 0 Å². The van der Waals surface area contributed by atoms with E-state index in [0.29, 0.717) is 6.61 Å². The lowest BCUT2D eigenvalue weighted by Gasteiger charge is -2.31. The van der Waals surface area contributed by atoms with Crippen LogP contribution in [0.15, 0.2) is 0 Å². The number of hydrogen-bond donors (Lipinski definition) is 0. The standard InChI is InChI=1S/C18H31NO5/c1-18(2,3)24-17(21)19-11-5-6-14(19)12-23-15-9-7-13(8-10-15)16(20)22-4/h13-15H,5-12H2,1-4H3/t13-,14-,15+/m0/s1. The third kappa shape index (κ3) is 5.36. The van der Waals surface area contributed by atoms with Crippen LogP contribution in [0.1, 0.15) is 59.3 Å². The molecule has 2 aliphatic rings. The monoisotopic (exact) mass is 341 g/mol. The van der Waals surface area contributed by atoms with Gasteiger partial charge in [0.1, 0.15) is 5.60 Å². The summed E-state index contributed by atoms with van der Waals surface area (Å²) in [6.45, 7) is 6.93. The Labute approximate surface area is 144 Å². The predicted octanol–water partition coefficient (Wildman–Crippen LogP) is 3.13. The van der Waals surface area contributed by atoms with Gasteiger partial charge in [0.25, 0.3) is 0 Å². The topological polar surface area (TPSA) is 65.1 Å². The summed E-state index contributed by atoms with van der Waals surface area (Å²) in [5, 5.41) is 0. The minimum atomic E-state index is -0.475. The van der Waals surface area contributed by atoms with Crippen LogP contribution in [-0.2, 0) is 19.0 Å². The van der Waals surface area contributed by atoms with Gasteiger partial charge in [0.2, 0.25) is 0 Å². The molecule has 1 aliphatic heterocycles. The van der Waals surface area contributed by atoms with Crippen molar-refractivity contribution in [3.05, 3.63) is 0 Å². The molecular weight excluding hydrogens is 310 g/mol. The molecule has 0 bridgehead atoms. The maximum absolute atomic E-state index is 12.3. The van der Waals surface area contributed by atoms with Crippen LogP contribution >= 0.6 is 0 Å². The van der Waals surface area contributed by atoms with Crippen LogP contribution in [0.5, 0.6) is 0 Å². The number of rotatable bonds is 4. The molecule has 1 saturated carbocycles. The third-order valence-electron chi connectivity index (χ3n) is 4.74. The van der Waals surface area contributed by atoms with Crippen LogP contribution in [-0.4, -0.2) is 55.0 Å². The molecule has 0 aromatic rings. The van der Waals surface area contributed by atoms with E-state index in [9.17, 15) is 9.59 Å². The van der Waals surface area contributed by atoms with Crippen LogP contribution in [0.3, 0.4) is 0 Å². The molecule has 138 valence electrons. The molecule has 2 rings (SSSR count). The van der Waals surface area contributed by atoms with Crippen LogP contribution in [0.4, 0.5) is 4.79 Å². The Kier molecular flexibility index (Phi) is 6.49. The SMILES string of the molecule is COC(=O)[C@H]1CC[C@@H](OC[C@@H]2CCCN2C(=O)OC(C)(C)C)CC1. The van der Waals surface area contributed by atoms with Crippen LogP contribution in [0.2, 0.25) is 0 Å². The zero-order valence-electron chi connectivity index (χ0n) is 15.4. The van der Waals surface area contributed by atoms with Gasteiger partial charge in [-0.05, 0) is 59.3 Å². The number of methoxy groups -OCH3 is 1. The zero-order chi connectivity index (χ0) is 17.7. The summed E-state index contributed by atoms with van der Waals surface area (Å²) in [6, 6.07) is 0.0955. The van der Waals surface area contributed by atoms with Gasteiger partial charge in [-0.3, -0.25) is 4.79 Å². The van der Waals surface area contributed by atoms with E-state index in [1.165, 1.54) is 7.11 Å². The lowest BCUT2D eigenvalue weighted by molar-refractivity contribution is -0.147. The number of amides is 1. The van der Waals surface area contributed by atoms with Crippen molar-refractivity contribution < 1.29 is 23.8 Å². The van der Waals surface area contributed by atoms with Gasteiger partial charge in [-0.2, -0.15) is 0 Å². The normalized spacial score (nSPS) is 27.8. The van der Waals surface area contributed by atoms with E-state index < -0.39 is 5.60 Å². The van der Waals surface area contributed by atoms with Gasteiger partial charge in [0.15, 0.2) is 0 Å². The molecule has 6 heteroatoms. The van der Waals surface area contributed by atoms with Crippen LogP contribution in [0, 0.1) is 5.92 Å². The van der Waals surface area contributed by atoms with E-state index in [1.807, 2.05) is 20.8 Å². The highest BCUT2D eigenvalue weighted by molar-refractivity contribution is 5.72. The van der Waals surface area contributed by atoms with E-state index in [-0.39, 0.29) is 30.1 Å². The molecule has 1 heterocycles. The highest BCUT2D eigenvalue weighted by Gasteiger charge is 2.33. The van der Waals surface area contributed by atoms with Crippen molar-refractivity contribution in [1.29, 1.82) is 0 Å². The molecule has 1 aliphatic carbocycles. The van der Waals surface area contributed by atoms with Crippen molar-refractivity contribution in [3.8, 4) is 0 Å². The van der Waals surface area contributed by atoms with Crippen LogP contribution in [0.25, 0.3) is 0 Å². The quantitative estimate of drug-likeness (QED) is 0.735. The molecule has 0 radical (unpaired) electrons. The molecule has 1 atom stereocenters. The minimum absolute atomic E-state index is 0.0135. The average molecular weight is 341 g/mol. The Balaban J connectivity index is 1.75. The number of nitrogens with zero attached hydrogens (tertiary/aromatic N) is 1. The molecule has 0 spiro atoms. The molecule has 1 saturated heterocycles. The van der Waals surface area contributed by atoms with Gasteiger partial charge >= 0.3 is 12.1 Å². The second kappa shape index (κ2) is 8.19. The second-order valence-corrected chi connectivity index (χ2v) is 7.80. The zero-order valence-corrected chi connectivity index (χ0v) is 15.4. The Morgan fingerprint density at radius 3 is 2.33 bits per heavy atom. The highest BCUT2D eigenvalue weighted by atomic mass is 16.6. The Bertz CT molecular complexity index is 437. The van der Waals surface area contributed by atoms with E-state index in [1.54, 1.807) is 4.90 Å². The van der Waals surface area contributed by atoms with E-state index in [4.69, 9.17) is 14.2 Å².